The van der Waals surface area contributed by atoms with Crippen LogP contribution >= 0.6 is 11.6 Å². The molecule has 4 aromatic rings. The average molecular weight is 382 g/mol. The number of rotatable bonds is 5. The Morgan fingerprint density at radius 3 is 2.59 bits per heavy atom. The van der Waals surface area contributed by atoms with Crippen LogP contribution in [0.25, 0.3) is 28.1 Å². The average Bonchev–Trinajstić information content (AvgIpc) is 3.15. The molecule has 1 aromatic carbocycles. The minimum Gasteiger partial charge on any atom is -0.481 e. The SMILES string of the molecule is COc1ccc(-c2nc3c(cnn3-c3ccccc3)c(=O)n2CCCl)cn1. The van der Waals surface area contributed by atoms with Gasteiger partial charge < -0.3 is 4.74 Å². The lowest BCUT2D eigenvalue weighted by molar-refractivity contribution is 0.398. The van der Waals surface area contributed by atoms with Crippen molar-refractivity contribution in [3.63, 3.8) is 0 Å². The number of ether oxygens (including phenoxy) is 1. The number of hydrogen-bond donors (Lipinski definition) is 0. The van der Waals surface area contributed by atoms with E-state index in [-0.39, 0.29) is 11.4 Å². The van der Waals surface area contributed by atoms with Gasteiger partial charge in [-0.25, -0.2) is 14.6 Å². The summed E-state index contributed by atoms with van der Waals surface area (Å²) < 4.78 is 8.31. The molecule has 0 spiro atoms. The molecule has 136 valence electrons. The Bertz CT molecular complexity index is 1140. The summed E-state index contributed by atoms with van der Waals surface area (Å²) in [5, 5.41) is 4.80. The predicted molar refractivity (Wildman–Crippen MR) is 104 cm³/mol. The maximum absolute atomic E-state index is 13.0. The van der Waals surface area contributed by atoms with E-state index in [9.17, 15) is 4.79 Å². The van der Waals surface area contributed by atoms with Gasteiger partial charge in [0.2, 0.25) is 5.88 Å². The quantitative estimate of drug-likeness (QED) is 0.497. The molecule has 0 bridgehead atoms. The zero-order valence-corrected chi connectivity index (χ0v) is 15.3. The van der Waals surface area contributed by atoms with Crippen molar-refractivity contribution >= 4 is 22.6 Å². The van der Waals surface area contributed by atoms with E-state index in [0.29, 0.717) is 34.8 Å². The van der Waals surface area contributed by atoms with Gasteiger partial charge in [-0.3, -0.25) is 9.36 Å². The van der Waals surface area contributed by atoms with E-state index in [4.69, 9.17) is 21.3 Å². The lowest BCUT2D eigenvalue weighted by Crippen LogP contribution is -2.24. The molecular formula is C19H16ClN5O2. The number of nitrogens with zero attached hydrogens (tertiary/aromatic N) is 5. The van der Waals surface area contributed by atoms with Crippen LogP contribution in [0.4, 0.5) is 0 Å². The summed E-state index contributed by atoms with van der Waals surface area (Å²) in [5.41, 5.74) is 1.82. The molecule has 27 heavy (non-hydrogen) atoms. The molecule has 8 heteroatoms. The Labute approximate surface area is 159 Å². The number of alkyl halides is 1. The van der Waals surface area contributed by atoms with Crippen molar-refractivity contribution in [1.82, 2.24) is 24.3 Å². The molecule has 0 saturated heterocycles. The highest BCUT2D eigenvalue weighted by Gasteiger charge is 2.17. The van der Waals surface area contributed by atoms with Crippen molar-refractivity contribution in [1.29, 1.82) is 0 Å². The summed E-state index contributed by atoms with van der Waals surface area (Å²) in [6, 6.07) is 13.1. The Morgan fingerprint density at radius 1 is 1.11 bits per heavy atom. The monoisotopic (exact) mass is 381 g/mol. The highest BCUT2D eigenvalue weighted by atomic mass is 35.5. The van der Waals surface area contributed by atoms with Crippen LogP contribution in [0.3, 0.4) is 0 Å². The molecule has 0 N–H and O–H groups in total. The van der Waals surface area contributed by atoms with Crippen molar-refractivity contribution in [2.75, 3.05) is 13.0 Å². The number of benzene rings is 1. The molecule has 7 nitrogen and oxygen atoms in total. The van der Waals surface area contributed by atoms with Crippen molar-refractivity contribution in [3.05, 3.63) is 65.2 Å². The molecular weight excluding hydrogens is 366 g/mol. The van der Waals surface area contributed by atoms with E-state index in [0.717, 1.165) is 5.69 Å². The van der Waals surface area contributed by atoms with E-state index < -0.39 is 0 Å². The molecule has 0 radical (unpaired) electrons. The number of methoxy groups -OCH3 is 1. The number of para-hydroxylation sites is 1. The maximum atomic E-state index is 13.0. The van der Waals surface area contributed by atoms with Gasteiger partial charge in [-0.1, -0.05) is 18.2 Å². The number of hydrogen-bond acceptors (Lipinski definition) is 5. The fraction of sp³-hybridized carbons (Fsp3) is 0.158. The largest absolute Gasteiger partial charge is 0.481 e. The van der Waals surface area contributed by atoms with E-state index in [1.54, 1.807) is 34.8 Å². The van der Waals surface area contributed by atoms with E-state index in [1.165, 1.54) is 0 Å². The van der Waals surface area contributed by atoms with Crippen molar-refractivity contribution < 1.29 is 4.74 Å². The van der Waals surface area contributed by atoms with Gasteiger partial charge in [0.1, 0.15) is 11.2 Å². The van der Waals surface area contributed by atoms with Crippen LogP contribution in [-0.4, -0.2) is 37.3 Å². The van der Waals surface area contributed by atoms with E-state index in [1.807, 2.05) is 36.4 Å². The van der Waals surface area contributed by atoms with Crippen LogP contribution in [0.5, 0.6) is 5.88 Å². The number of fused-ring (bicyclic) bond motifs is 1. The van der Waals surface area contributed by atoms with Crippen LogP contribution < -0.4 is 10.3 Å². The third-order valence-corrected chi connectivity index (χ3v) is 4.37. The maximum Gasteiger partial charge on any atom is 0.264 e. The Kier molecular flexibility index (Phi) is 4.60. The van der Waals surface area contributed by atoms with Gasteiger partial charge in [-0.2, -0.15) is 5.10 Å². The molecule has 4 rings (SSSR count). The van der Waals surface area contributed by atoms with E-state index >= 15 is 0 Å². The van der Waals surface area contributed by atoms with Gasteiger partial charge in [0.15, 0.2) is 5.65 Å². The van der Waals surface area contributed by atoms with Crippen molar-refractivity contribution in [3.8, 4) is 23.0 Å². The fourth-order valence-corrected chi connectivity index (χ4v) is 3.08. The van der Waals surface area contributed by atoms with E-state index in [2.05, 4.69) is 10.1 Å². The lowest BCUT2D eigenvalue weighted by Gasteiger charge is -2.12. The summed E-state index contributed by atoms with van der Waals surface area (Å²) in [7, 11) is 1.55. The summed E-state index contributed by atoms with van der Waals surface area (Å²) in [6.07, 6.45) is 3.17. The first-order valence-electron chi connectivity index (χ1n) is 8.33. The van der Waals surface area contributed by atoms with Gasteiger partial charge >= 0.3 is 0 Å². The highest BCUT2D eigenvalue weighted by Crippen LogP contribution is 2.21. The summed E-state index contributed by atoms with van der Waals surface area (Å²) in [6.45, 7) is 0.335. The molecule has 0 aliphatic carbocycles. The van der Waals surface area contributed by atoms with Crippen LogP contribution in [0.15, 0.2) is 59.7 Å². The minimum atomic E-state index is -0.186. The second kappa shape index (κ2) is 7.20. The van der Waals surface area contributed by atoms with Crippen molar-refractivity contribution in [2.24, 2.45) is 0 Å². The third-order valence-electron chi connectivity index (χ3n) is 4.20. The first-order chi connectivity index (χ1) is 13.2. The minimum absolute atomic E-state index is 0.186. The Balaban J connectivity index is 1.98. The number of aromatic nitrogens is 5. The Morgan fingerprint density at radius 2 is 1.93 bits per heavy atom. The van der Waals surface area contributed by atoms with Gasteiger partial charge in [-0.15, -0.1) is 11.6 Å². The Hall–Kier alpha value is -3.19. The van der Waals surface area contributed by atoms with Gasteiger partial charge in [0, 0.05) is 30.3 Å². The van der Waals surface area contributed by atoms with Gasteiger partial charge in [0.25, 0.3) is 5.56 Å². The van der Waals surface area contributed by atoms with Crippen molar-refractivity contribution in [2.45, 2.75) is 6.54 Å². The zero-order chi connectivity index (χ0) is 18.8. The molecule has 0 atom stereocenters. The first-order valence-corrected chi connectivity index (χ1v) is 8.86. The molecule has 3 heterocycles. The first kappa shape index (κ1) is 17.2. The molecule has 0 saturated carbocycles. The van der Waals surface area contributed by atoms with Crippen LogP contribution in [-0.2, 0) is 6.54 Å². The molecule has 3 aromatic heterocycles. The molecule has 0 aliphatic heterocycles. The molecule has 0 aliphatic rings. The summed E-state index contributed by atoms with van der Waals surface area (Å²) in [5.74, 6) is 1.26. The van der Waals surface area contributed by atoms with Crippen LogP contribution in [0.2, 0.25) is 0 Å². The van der Waals surface area contributed by atoms with Gasteiger partial charge in [-0.05, 0) is 18.2 Å². The number of pyridine rings is 1. The smallest absolute Gasteiger partial charge is 0.264 e. The number of halogens is 1. The summed E-state index contributed by atoms with van der Waals surface area (Å²) in [4.78, 5) is 22.0. The third kappa shape index (κ3) is 3.06. The predicted octanol–water partition coefficient (Wildman–Crippen LogP) is 2.89. The molecule has 0 amide bonds. The second-order valence-corrected chi connectivity index (χ2v) is 6.18. The van der Waals surface area contributed by atoms with Crippen LogP contribution in [0, 0.1) is 0 Å². The molecule has 0 unspecified atom stereocenters. The van der Waals surface area contributed by atoms with Crippen LogP contribution in [0.1, 0.15) is 0 Å². The fourth-order valence-electron chi connectivity index (χ4n) is 2.91. The van der Waals surface area contributed by atoms with Gasteiger partial charge in [0.05, 0.1) is 19.0 Å². The second-order valence-electron chi connectivity index (χ2n) is 5.80. The summed E-state index contributed by atoms with van der Waals surface area (Å²) >= 11 is 5.92. The zero-order valence-electron chi connectivity index (χ0n) is 14.5. The lowest BCUT2D eigenvalue weighted by atomic mass is 10.2. The normalized spacial score (nSPS) is 11.0. The standard InChI is InChI=1S/C19H16ClN5O2/c1-27-16-8-7-13(11-21-16)17-23-18-15(19(26)24(17)10-9-20)12-22-25(18)14-5-3-2-4-6-14/h2-8,11-12H,9-10H2,1H3. The molecule has 0 fully saturated rings. The topological polar surface area (TPSA) is 74.8 Å². The highest BCUT2D eigenvalue weighted by molar-refractivity contribution is 6.17.